The molecule has 4 heteroatoms. The largest absolute Gasteiger partial charge is 0.369 e. The minimum Gasteiger partial charge on any atom is -0.369 e. The molecule has 1 aliphatic rings. The van der Waals surface area contributed by atoms with Gasteiger partial charge in [-0.25, -0.2) is 4.98 Å². The van der Waals surface area contributed by atoms with Crippen LogP contribution in [0.4, 0.5) is 5.82 Å². The van der Waals surface area contributed by atoms with Crippen molar-refractivity contribution in [2.45, 2.75) is 19.8 Å². The molecular formula is C14H18N4. The molecule has 1 aromatic heterocycles. The molecule has 0 unspecified atom stereocenters. The molecule has 0 saturated heterocycles. The Morgan fingerprint density at radius 2 is 2.44 bits per heavy atom. The van der Waals surface area contributed by atoms with Crippen LogP contribution in [0.2, 0.25) is 0 Å². The van der Waals surface area contributed by atoms with E-state index in [0.29, 0.717) is 11.4 Å². The van der Waals surface area contributed by atoms with Gasteiger partial charge in [-0.05, 0) is 37.9 Å². The average Bonchev–Trinajstić information content (AvgIpc) is 2.40. The van der Waals surface area contributed by atoms with Crippen LogP contribution in [0.25, 0.3) is 0 Å². The highest BCUT2D eigenvalue weighted by Crippen LogP contribution is 2.16. The van der Waals surface area contributed by atoms with Gasteiger partial charge in [0.1, 0.15) is 11.9 Å². The van der Waals surface area contributed by atoms with Crippen LogP contribution in [0.15, 0.2) is 23.9 Å². The summed E-state index contributed by atoms with van der Waals surface area (Å²) in [6.45, 7) is 4.80. The highest BCUT2D eigenvalue weighted by Gasteiger charge is 2.07. The number of nitriles is 1. The number of rotatable bonds is 4. The van der Waals surface area contributed by atoms with Crippen LogP contribution in [0.1, 0.15) is 24.0 Å². The van der Waals surface area contributed by atoms with Crippen LogP contribution in [0, 0.1) is 18.3 Å². The molecule has 0 saturated carbocycles. The molecule has 0 atom stereocenters. The van der Waals surface area contributed by atoms with E-state index in [0.717, 1.165) is 38.0 Å². The van der Waals surface area contributed by atoms with E-state index in [1.807, 2.05) is 13.0 Å². The van der Waals surface area contributed by atoms with E-state index in [2.05, 4.69) is 27.8 Å². The number of nitrogens with one attached hydrogen (secondary N) is 2. The fourth-order valence-electron chi connectivity index (χ4n) is 2.07. The van der Waals surface area contributed by atoms with Gasteiger partial charge in [0.05, 0.1) is 5.56 Å². The summed E-state index contributed by atoms with van der Waals surface area (Å²) in [5.41, 5.74) is 3.10. The molecule has 4 nitrogen and oxygen atoms in total. The molecule has 2 heterocycles. The van der Waals surface area contributed by atoms with Crippen molar-refractivity contribution in [2.75, 3.05) is 25.0 Å². The summed E-state index contributed by atoms with van der Waals surface area (Å²) in [4.78, 5) is 4.23. The topological polar surface area (TPSA) is 60.7 Å². The molecule has 0 amide bonds. The maximum atomic E-state index is 9.10. The number of aryl methyl sites for hydroxylation is 1. The molecule has 1 aliphatic heterocycles. The Bertz CT molecular complexity index is 485. The van der Waals surface area contributed by atoms with Crippen LogP contribution < -0.4 is 10.6 Å². The van der Waals surface area contributed by atoms with Crippen molar-refractivity contribution in [3.8, 4) is 6.07 Å². The first-order valence-corrected chi connectivity index (χ1v) is 6.29. The van der Waals surface area contributed by atoms with Gasteiger partial charge < -0.3 is 10.6 Å². The molecule has 0 bridgehead atoms. The predicted octanol–water partition coefficient (Wildman–Crippen LogP) is 1.98. The minimum absolute atomic E-state index is 0.650. The van der Waals surface area contributed by atoms with E-state index in [1.54, 1.807) is 6.20 Å². The summed E-state index contributed by atoms with van der Waals surface area (Å²) in [5, 5.41) is 15.7. The van der Waals surface area contributed by atoms with E-state index < -0.39 is 0 Å². The van der Waals surface area contributed by atoms with Crippen molar-refractivity contribution in [1.29, 1.82) is 5.26 Å². The van der Waals surface area contributed by atoms with Crippen LogP contribution in [-0.2, 0) is 0 Å². The molecule has 2 rings (SSSR count). The number of pyridine rings is 1. The lowest BCUT2D eigenvalue weighted by atomic mass is 10.1. The molecule has 0 aromatic carbocycles. The summed E-state index contributed by atoms with van der Waals surface area (Å²) in [6.07, 6.45) is 6.12. The Hall–Kier alpha value is -1.86. The Kier molecular flexibility index (Phi) is 4.32. The highest BCUT2D eigenvalue weighted by atomic mass is 15.0. The van der Waals surface area contributed by atoms with Gasteiger partial charge in [0.25, 0.3) is 0 Å². The van der Waals surface area contributed by atoms with Crippen LogP contribution in [0.5, 0.6) is 0 Å². The Morgan fingerprint density at radius 3 is 3.17 bits per heavy atom. The molecule has 0 fully saturated rings. The third-order valence-electron chi connectivity index (χ3n) is 3.17. The molecule has 94 valence electrons. The van der Waals surface area contributed by atoms with E-state index in [9.17, 15) is 0 Å². The van der Waals surface area contributed by atoms with E-state index >= 15 is 0 Å². The maximum Gasteiger partial charge on any atom is 0.144 e. The second-order valence-corrected chi connectivity index (χ2v) is 4.46. The third-order valence-corrected chi connectivity index (χ3v) is 3.17. The molecule has 1 aromatic rings. The number of hydrogen-bond donors (Lipinski definition) is 2. The van der Waals surface area contributed by atoms with Gasteiger partial charge in [0.15, 0.2) is 0 Å². The zero-order valence-electron chi connectivity index (χ0n) is 10.7. The molecule has 0 spiro atoms. The summed E-state index contributed by atoms with van der Waals surface area (Å²) in [7, 11) is 0. The molecule has 0 radical (unpaired) electrons. The van der Waals surface area contributed by atoms with Crippen molar-refractivity contribution in [3.63, 3.8) is 0 Å². The van der Waals surface area contributed by atoms with Gasteiger partial charge in [-0.1, -0.05) is 11.6 Å². The molecule has 0 aliphatic carbocycles. The van der Waals surface area contributed by atoms with E-state index in [4.69, 9.17) is 5.26 Å². The van der Waals surface area contributed by atoms with Crippen LogP contribution >= 0.6 is 0 Å². The quantitative estimate of drug-likeness (QED) is 0.793. The Labute approximate surface area is 108 Å². The van der Waals surface area contributed by atoms with Gasteiger partial charge in [0.2, 0.25) is 0 Å². The first kappa shape index (κ1) is 12.6. The normalized spacial score (nSPS) is 14.8. The predicted molar refractivity (Wildman–Crippen MR) is 72.4 cm³/mol. The third kappa shape index (κ3) is 3.08. The van der Waals surface area contributed by atoms with Gasteiger partial charge in [-0.3, -0.25) is 0 Å². The first-order chi connectivity index (χ1) is 8.81. The highest BCUT2D eigenvalue weighted by molar-refractivity contribution is 5.55. The fourth-order valence-corrected chi connectivity index (χ4v) is 2.07. The van der Waals surface area contributed by atoms with Crippen LogP contribution in [0.3, 0.4) is 0 Å². The van der Waals surface area contributed by atoms with Crippen molar-refractivity contribution in [1.82, 2.24) is 10.3 Å². The molecule has 18 heavy (non-hydrogen) atoms. The standard InChI is InChI=1S/C14H18N4/c1-11-2-8-17-14(13(11)10-15)18-9-5-12-3-6-16-7-4-12/h2-3,8,16H,4-7,9H2,1H3,(H,17,18). The summed E-state index contributed by atoms with van der Waals surface area (Å²) >= 11 is 0. The lowest BCUT2D eigenvalue weighted by Crippen LogP contribution is -2.21. The molecule has 2 N–H and O–H groups in total. The van der Waals surface area contributed by atoms with Gasteiger partial charge in [-0.2, -0.15) is 5.26 Å². The van der Waals surface area contributed by atoms with Crippen LogP contribution in [-0.4, -0.2) is 24.6 Å². The monoisotopic (exact) mass is 242 g/mol. The Morgan fingerprint density at radius 1 is 1.56 bits per heavy atom. The maximum absolute atomic E-state index is 9.10. The Balaban J connectivity index is 1.92. The molecular weight excluding hydrogens is 224 g/mol. The lowest BCUT2D eigenvalue weighted by molar-refractivity contribution is 0.683. The van der Waals surface area contributed by atoms with Gasteiger partial charge in [-0.15, -0.1) is 0 Å². The fraction of sp³-hybridized carbons (Fsp3) is 0.429. The smallest absolute Gasteiger partial charge is 0.144 e. The SMILES string of the molecule is Cc1ccnc(NCCC2=CCNCC2)c1C#N. The summed E-state index contributed by atoms with van der Waals surface area (Å²) in [6, 6.07) is 4.06. The second kappa shape index (κ2) is 6.18. The van der Waals surface area contributed by atoms with Crippen molar-refractivity contribution in [2.24, 2.45) is 0 Å². The number of anilines is 1. The zero-order chi connectivity index (χ0) is 12.8. The van der Waals surface area contributed by atoms with Gasteiger partial charge >= 0.3 is 0 Å². The number of nitrogens with zero attached hydrogens (tertiary/aromatic N) is 2. The van der Waals surface area contributed by atoms with Crippen molar-refractivity contribution in [3.05, 3.63) is 35.0 Å². The van der Waals surface area contributed by atoms with Gasteiger partial charge in [0, 0.05) is 19.3 Å². The average molecular weight is 242 g/mol. The summed E-state index contributed by atoms with van der Waals surface area (Å²) in [5.74, 6) is 0.701. The van der Waals surface area contributed by atoms with E-state index in [-0.39, 0.29) is 0 Å². The minimum atomic E-state index is 0.650. The van der Waals surface area contributed by atoms with E-state index in [1.165, 1.54) is 5.57 Å². The number of hydrogen-bond acceptors (Lipinski definition) is 4. The zero-order valence-corrected chi connectivity index (χ0v) is 10.7. The van der Waals surface area contributed by atoms with Crippen molar-refractivity contribution < 1.29 is 0 Å². The summed E-state index contributed by atoms with van der Waals surface area (Å²) < 4.78 is 0. The lowest BCUT2D eigenvalue weighted by Gasteiger charge is -2.14. The second-order valence-electron chi connectivity index (χ2n) is 4.46. The number of aromatic nitrogens is 1. The van der Waals surface area contributed by atoms with Crippen molar-refractivity contribution >= 4 is 5.82 Å². The first-order valence-electron chi connectivity index (χ1n) is 6.29.